The number of imide groups is 1. The molecule has 0 unspecified atom stereocenters. The van der Waals surface area contributed by atoms with E-state index in [-0.39, 0.29) is 36.2 Å². The lowest BCUT2D eigenvalue weighted by Gasteiger charge is -2.30. The van der Waals surface area contributed by atoms with Gasteiger partial charge in [-0.1, -0.05) is 13.3 Å². The summed E-state index contributed by atoms with van der Waals surface area (Å²) in [6, 6.07) is 4.97. The quantitative estimate of drug-likeness (QED) is 0.828. The fraction of sp³-hybridized carbons (Fsp3) is 0.500. The van der Waals surface area contributed by atoms with Gasteiger partial charge in [-0.3, -0.25) is 19.3 Å². The molecule has 1 fully saturated rings. The number of benzene rings is 1. The van der Waals surface area contributed by atoms with Crippen LogP contribution in [-0.4, -0.2) is 53.2 Å². The second kappa shape index (κ2) is 7.97. The van der Waals surface area contributed by atoms with E-state index in [9.17, 15) is 14.4 Å². The predicted octanol–water partition coefficient (Wildman–Crippen LogP) is 2.07. The maximum absolute atomic E-state index is 12.6. The predicted molar refractivity (Wildman–Crippen MR) is 97.1 cm³/mol. The minimum Gasteiger partial charge on any atom is -0.339 e. The lowest BCUT2D eigenvalue weighted by molar-refractivity contribution is 0.0651. The average molecular weight is 366 g/mol. The van der Waals surface area contributed by atoms with Crippen LogP contribution >= 0.6 is 12.4 Å². The fourth-order valence-corrected chi connectivity index (χ4v) is 3.23. The molecular weight excluding hydrogens is 342 g/mol. The Balaban J connectivity index is 0.00000225. The van der Waals surface area contributed by atoms with E-state index in [0.717, 1.165) is 25.7 Å². The van der Waals surface area contributed by atoms with E-state index in [2.05, 4.69) is 0 Å². The Morgan fingerprint density at radius 2 is 1.80 bits per heavy atom. The van der Waals surface area contributed by atoms with E-state index in [0.29, 0.717) is 36.3 Å². The highest BCUT2D eigenvalue weighted by molar-refractivity contribution is 6.22. The maximum atomic E-state index is 12.6. The highest BCUT2D eigenvalue weighted by Crippen LogP contribution is 2.25. The van der Waals surface area contributed by atoms with E-state index < -0.39 is 0 Å². The number of halogens is 1. The van der Waals surface area contributed by atoms with Gasteiger partial charge >= 0.3 is 0 Å². The number of fused-ring (bicyclic) bond motifs is 1. The summed E-state index contributed by atoms with van der Waals surface area (Å²) in [6.07, 6.45) is 3.28. The second-order valence-electron chi connectivity index (χ2n) is 6.51. The van der Waals surface area contributed by atoms with Gasteiger partial charge in [0, 0.05) is 31.2 Å². The highest BCUT2D eigenvalue weighted by atomic mass is 35.5. The number of unbranched alkanes of at least 4 members (excludes halogenated alkanes) is 1. The monoisotopic (exact) mass is 365 g/mol. The molecule has 0 atom stereocenters. The zero-order valence-corrected chi connectivity index (χ0v) is 15.2. The zero-order valence-electron chi connectivity index (χ0n) is 14.4. The molecule has 0 saturated carbocycles. The lowest BCUT2D eigenvalue weighted by atomic mass is 10.0. The molecule has 7 heteroatoms. The van der Waals surface area contributed by atoms with Crippen LogP contribution in [0.15, 0.2) is 18.2 Å². The summed E-state index contributed by atoms with van der Waals surface area (Å²) in [5, 5.41) is 0. The van der Waals surface area contributed by atoms with Gasteiger partial charge in [-0.25, -0.2) is 0 Å². The van der Waals surface area contributed by atoms with E-state index in [1.54, 1.807) is 23.1 Å². The number of amides is 3. The molecule has 0 radical (unpaired) electrons. The third kappa shape index (κ3) is 3.70. The van der Waals surface area contributed by atoms with E-state index in [1.165, 1.54) is 4.90 Å². The van der Waals surface area contributed by atoms with E-state index in [4.69, 9.17) is 5.73 Å². The number of hydrogen-bond donors (Lipinski definition) is 1. The van der Waals surface area contributed by atoms with Crippen molar-refractivity contribution in [2.45, 2.75) is 38.6 Å². The molecule has 2 N–H and O–H groups in total. The van der Waals surface area contributed by atoms with E-state index in [1.807, 2.05) is 6.92 Å². The van der Waals surface area contributed by atoms with Crippen molar-refractivity contribution in [1.82, 2.24) is 9.80 Å². The van der Waals surface area contributed by atoms with Crippen molar-refractivity contribution in [1.29, 1.82) is 0 Å². The van der Waals surface area contributed by atoms with E-state index >= 15 is 0 Å². The van der Waals surface area contributed by atoms with Crippen LogP contribution in [0.1, 0.15) is 63.7 Å². The molecule has 0 spiro atoms. The van der Waals surface area contributed by atoms with Gasteiger partial charge in [-0.2, -0.15) is 0 Å². The van der Waals surface area contributed by atoms with Crippen LogP contribution in [0.4, 0.5) is 0 Å². The molecule has 0 aliphatic carbocycles. The van der Waals surface area contributed by atoms with Crippen LogP contribution in [0, 0.1) is 0 Å². The molecule has 1 aromatic carbocycles. The average Bonchev–Trinajstić information content (AvgIpc) is 2.83. The first kappa shape index (κ1) is 19.4. The largest absolute Gasteiger partial charge is 0.339 e. The summed E-state index contributed by atoms with van der Waals surface area (Å²) in [6.45, 7) is 3.70. The van der Waals surface area contributed by atoms with Crippen LogP contribution in [-0.2, 0) is 0 Å². The highest BCUT2D eigenvalue weighted by Gasteiger charge is 2.35. The zero-order chi connectivity index (χ0) is 17.3. The summed E-state index contributed by atoms with van der Waals surface area (Å²) in [5.74, 6) is -0.651. The van der Waals surface area contributed by atoms with Gasteiger partial charge in [0.05, 0.1) is 11.1 Å². The minimum absolute atomic E-state index is 0. The summed E-state index contributed by atoms with van der Waals surface area (Å²) in [4.78, 5) is 40.5. The van der Waals surface area contributed by atoms with Gasteiger partial charge in [-0.15, -0.1) is 12.4 Å². The summed E-state index contributed by atoms with van der Waals surface area (Å²) < 4.78 is 0. The Morgan fingerprint density at radius 3 is 2.44 bits per heavy atom. The van der Waals surface area contributed by atoms with Crippen molar-refractivity contribution in [2.24, 2.45) is 5.73 Å². The van der Waals surface area contributed by atoms with Crippen LogP contribution in [0.2, 0.25) is 0 Å². The van der Waals surface area contributed by atoms with Crippen molar-refractivity contribution in [3.05, 3.63) is 34.9 Å². The lowest BCUT2D eigenvalue weighted by Crippen LogP contribution is -2.42. The molecule has 1 aromatic rings. The number of carbonyl (C=O) groups excluding carboxylic acids is 3. The third-order valence-electron chi connectivity index (χ3n) is 4.78. The molecule has 2 aliphatic heterocycles. The number of nitrogens with two attached hydrogens (primary N) is 1. The molecule has 1 saturated heterocycles. The molecule has 136 valence electrons. The Morgan fingerprint density at radius 1 is 1.16 bits per heavy atom. The molecule has 2 heterocycles. The van der Waals surface area contributed by atoms with Gasteiger partial charge in [-0.05, 0) is 37.5 Å². The van der Waals surface area contributed by atoms with Gasteiger partial charge in [0.15, 0.2) is 0 Å². The van der Waals surface area contributed by atoms with Crippen molar-refractivity contribution >= 4 is 30.1 Å². The molecule has 0 aromatic heterocycles. The van der Waals surface area contributed by atoms with Crippen molar-refractivity contribution in [3.63, 3.8) is 0 Å². The molecule has 2 aliphatic rings. The Kier molecular flexibility index (Phi) is 6.19. The van der Waals surface area contributed by atoms with Crippen LogP contribution in [0.3, 0.4) is 0 Å². The first-order valence-electron chi connectivity index (χ1n) is 8.58. The molecular formula is C18H24ClN3O3. The normalized spacial score (nSPS) is 17.5. The van der Waals surface area contributed by atoms with Gasteiger partial charge in [0.25, 0.3) is 17.7 Å². The number of nitrogens with zero attached hydrogens (tertiary/aromatic N) is 2. The topological polar surface area (TPSA) is 83.7 Å². The maximum Gasteiger partial charge on any atom is 0.261 e. The van der Waals surface area contributed by atoms with Crippen molar-refractivity contribution < 1.29 is 14.4 Å². The summed E-state index contributed by atoms with van der Waals surface area (Å²) in [7, 11) is 0. The van der Waals surface area contributed by atoms with Gasteiger partial charge in [0.1, 0.15) is 0 Å². The number of likely N-dealkylation sites (tertiary alicyclic amines) is 1. The van der Waals surface area contributed by atoms with Crippen LogP contribution in [0.25, 0.3) is 0 Å². The second-order valence-corrected chi connectivity index (χ2v) is 6.51. The van der Waals surface area contributed by atoms with Crippen LogP contribution < -0.4 is 5.73 Å². The number of rotatable bonds is 4. The Labute approximate surface area is 153 Å². The summed E-state index contributed by atoms with van der Waals surface area (Å²) in [5.41, 5.74) is 7.07. The molecule has 25 heavy (non-hydrogen) atoms. The fourth-order valence-electron chi connectivity index (χ4n) is 3.23. The number of carbonyl (C=O) groups is 3. The number of piperidine rings is 1. The molecule has 3 amide bonds. The third-order valence-corrected chi connectivity index (χ3v) is 4.78. The standard InChI is InChI=1S/C18H23N3O3.ClH/c1-2-3-8-21-17(23)14-5-4-12(11-15(14)18(21)24)16(22)20-9-6-13(19)7-10-20;/h4-5,11,13H,2-3,6-10,19H2,1H3;1H. The van der Waals surface area contributed by atoms with Crippen LogP contribution in [0.5, 0.6) is 0 Å². The number of hydrogen-bond acceptors (Lipinski definition) is 4. The van der Waals surface area contributed by atoms with Crippen molar-refractivity contribution in [3.8, 4) is 0 Å². The Hall–Kier alpha value is -1.92. The summed E-state index contributed by atoms with van der Waals surface area (Å²) >= 11 is 0. The van der Waals surface area contributed by atoms with Crippen molar-refractivity contribution in [2.75, 3.05) is 19.6 Å². The minimum atomic E-state index is -0.293. The van der Waals surface area contributed by atoms with Gasteiger partial charge in [0.2, 0.25) is 0 Å². The van der Waals surface area contributed by atoms with Gasteiger partial charge < -0.3 is 10.6 Å². The molecule has 6 nitrogen and oxygen atoms in total. The molecule has 0 bridgehead atoms. The first-order valence-corrected chi connectivity index (χ1v) is 8.58. The molecule has 3 rings (SSSR count). The first-order chi connectivity index (χ1) is 11.5. The smallest absolute Gasteiger partial charge is 0.261 e. The SMILES string of the molecule is CCCCN1C(=O)c2ccc(C(=O)N3CCC(N)CC3)cc2C1=O.Cl. The Bertz CT molecular complexity index is 684.